The van der Waals surface area contributed by atoms with E-state index in [1.807, 2.05) is 18.2 Å². The van der Waals surface area contributed by atoms with Crippen LogP contribution in [0.1, 0.15) is 18.5 Å². The molecule has 0 aliphatic carbocycles. The molecule has 90 valence electrons. The number of benzene rings is 2. The molecule has 0 saturated carbocycles. The fraction of sp³-hybridized carbons (Fsp3) is 0.143. The Balaban J connectivity index is 1.91. The van der Waals surface area contributed by atoms with Crippen LogP contribution in [-0.4, -0.2) is 22.9 Å². The molecule has 18 heavy (non-hydrogen) atoms. The van der Waals surface area contributed by atoms with E-state index in [0.29, 0.717) is 0 Å². The average molecular weight is 302 g/mol. The van der Waals surface area contributed by atoms with E-state index in [1.54, 1.807) is 0 Å². The van der Waals surface area contributed by atoms with Crippen LogP contribution in [0.3, 0.4) is 0 Å². The summed E-state index contributed by atoms with van der Waals surface area (Å²) in [6.07, 6.45) is 0. The first-order valence-corrected chi connectivity index (χ1v) is 7.40. The molecule has 3 rings (SSSR count). The second kappa shape index (κ2) is 4.92. The summed E-state index contributed by atoms with van der Waals surface area (Å²) in [7, 11) is 0. The Kier molecular flexibility index (Phi) is 3.13. The quantitative estimate of drug-likeness (QED) is 0.756. The van der Waals surface area contributed by atoms with Crippen LogP contribution in [0.5, 0.6) is 0 Å². The van der Waals surface area contributed by atoms with E-state index < -0.39 is 0 Å². The van der Waals surface area contributed by atoms with E-state index in [0.717, 1.165) is 16.7 Å². The second-order valence-electron chi connectivity index (χ2n) is 4.21. The van der Waals surface area contributed by atoms with Crippen molar-refractivity contribution in [3.8, 4) is 0 Å². The number of rotatable bonds is 3. The molecule has 0 aliphatic rings. The van der Waals surface area contributed by atoms with Crippen LogP contribution in [0.25, 0.3) is 11.0 Å². The molecule has 0 bridgehead atoms. The van der Waals surface area contributed by atoms with Crippen molar-refractivity contribution in [2.45, 2.75) is 13.0 Å². The molecule has 0 saturated heterocycles. The van der Waals surface area contributed by atoms with Gasteiger partial charge >= 0.3 is 112 Å². The van der Waals surface area contributed by atoms with Crippen molar-refractivity contribution >= 4 is 31.7 Å². The third kappa shape index (κ3) is 2.17. The number of anilines is 1. The average Bonchev–Trinajstić information content (AvgIpc) is 2.89. The monoisotopic (exact) mass is 303 g/mol. The summed E-state index contributed by atoms with van der Waals surface area (Å²) in [5.74, 6) is 0. The van der Waals surface area contributed by atoms with Gasteiger partial charge in [-0.3, -0.25) is 0 Å². The molecule has 0 fully saturated rings. The Labute approximate surface area is 112 Å². The summed E-state index contributed by atoms with van der Waals surface area (Å²) in [4.78, 5) is 0. The van der Waals surface area contributed by atoms with Gasteiger partial charge in [0.15, 0.2) is 0 Å². The van der Waals surface area contributed by atoms with Gasteiger partial charge in [0, 0.05) is 0 Å². The van der Waals surface area contributed by atoms with Crippen LogP contribution in [-0.2, 0) is 0 Å². The molecule has 0 spiro atoms. The Hall–Kier alpha value is -1.64. The van der Waals surface area contributed by atoms with Crippen LogP contribution in [0, 0.1) is 0 Å². The van der Waals surface area contributed by atoms with E-state index in [1.165, 1.54) is 5.56 Å². The van der Waals surface area contributed by atoms with Gasteiger partial charge in [0.2, 0.25) is 0 Å². The number of nitrogens with zero attached hydrogens (tertiary/aromatic N) is 2. The van der Waals surface area contributed by atoms with Crippen LogP contribution in [0.2, 0.25) is 0 Å². The van der Waals surface area contributed by atoms with Gasteiger partial charge in [-0.2, -0.15) is 0 Å². The molecule has 1 unspecified atom stereocenters. The Morgan fingerprint density at radius 1 is 1.00 bits per heavy atom. The summed E-state index contributed by atoms with van der Waals surface area (Å²) in [5.41, 5.74) is 4.38. The van der Waals surface area contributed by atoms with Gasteiger partial charge in [-0.25, -0.2) is 0 Å². The van der Waals surface area contributed by atoms with Crippen molar-refractivity contribution in [1.82, 2.24) is 7.96 Å². The molecule has 0 aliphatic heterocycles. The zero-order valence-corrected chi connectivity index (χ0v) is 11.7. The molecule has 3 nitrogen and oxygen atoms in total. The van der Waals surface area contributed by atoms with Crippen LogP contribution < -0.4 is 5.32 Å². The Bertz CT molecular complexity index is 648. The SMILES string of the molecule is CC(Nc1cccc2n[se]nc12)c1ccccc1. The molecule has 4 heteroatoms. The molecule has 1 aromatic heterocycles. The minimum absolute atomic E-state index is 0.0239. The zero-order valence-electron chi connectivity index (χ0n) is 10.00. The minimum atomic E-state index is 0.0239. The summed E-state index contributed by atoms with van der Waals surface area (Å²) < 4.78 is 8.88. The van der Waals surface area contributed by atoms with Gasteiger partial charge in [0.05, 0.1) is 0 Å². The van der Waals surface area contributed by atoms with Crippen LogP contribution >= 0.6 is 0 Å². The van der Waals surface area contributed by atoms with Crippen molar-refractivity contribution in [3.05, 3.63) is 54.1 Å². The predicted molar refractivity (Wildman–Crippen MR) is 75.0 cm³/mol. The fourth-order valence-electron chi connectivity index (χ4n) is 1.98. The maximum atomic E-state index is 4.48. The molecular formula is C14H13N3Se. The third-order valence-electron chi connectivity index (χ3n) is 2.96. The van der Waals surface area contributed by atoms with Crippen molar-refractivity contribution in [3.63, 3.8) is 0 Å². The Morgan fingerprint density at radius 3 is 2.67 bits per heavy atom. The third-order valence-corrected chi connectivity index (χ3v) is 4.10. The van der Waals surface area contributed by atoms with E-state index in [9.17, 15) is 0 Å². The molecular weight excluding hydrogens is 289 g/mol. The van der Waals surface area contributed by atoms with Gasteiger partial charge in [-0.1, -0.05) is 0 Å². The summed E-state index contributed by atoms with van der Waals surface area (Å²) >= 11 is 0.0239. The molecule has 0 amide bonds. The fourth-order valence-corrected chi connectivity index (χ4v) is 3.13. The van der Waals surface area contributed by atoms with Crippen molar-refractivity contribution in [1.29, 1.82) is 0 Å². The number of nitrogens with one attached hydrogen (secondary N) is 1. The topological polar surface area (TPSA) is 37.8 Å². The van der Waals surface area contributed by atoms with E-state index in [2.05, 4.69) is 50.5 Å². The van der Waals surface area contributed by atoms with E-state index in [4.69, 9.17) is 0 Å². The number of fused-ring (bicyclic) bond motifs is 1. The maximum absolute atomic E-state index is 4.48. The summed E-state index contributed by atoms with van der Waals surface area (Å²) in [6.45, 7) is 2.16. The number of aromatic nitrogens is 2. The molecule has 1 N–H and O–H groups in total. The van der Waals surface area contributed by atoms with Crippen LogP contribution in [0.4, 0.5) is 5.69 Å². The van der Waals surface area contributed by atoms with Gasteiger partial charge in [-0.15, -0.1) is 0 Å². The first-order chi connectivity index (χ1) is 8.84. The second-order valence-corrected chi connectivity index (χ2v) is 5.32. The van der Waals surface area contributed by atoms with E-state index in [-0.39, 0.29) is 21.0 Å². The molecule has 1 heterocycles. The zero-order chi connectivity index (χ0) is 12.4. The van der Waals surface area contributed by atoms with E-state index >= 15 is 0 Å². The van der Waals surface area contributed by atoms with Gasteiger partial charge in [0.1, 0.15) is 0 Å². The predicted octanol–water partition coefficient (Wildman–Crippen LogP) is 2.86. The molecule has 1 atom stereocenters. The molecule has 0 radical (unpaired) electrons. The summed E-state index contributed by atoms with van der Waals surface area (Å²) in [6, 6.07) is 16.8. The normalized spacial score (nSPS) is 12.5. The first kappa shape index (κ1) is 11.4. The van der Waals surface area contributed by atoms with Crippen molar-refractivity contribution in [2.75, 3.05) is 5.32 Å². The van der Waals surface area contributed by atoms with Gasteiger partial charge in [0.25, 0.3) is 0 Å². The Morgan fingerprint density at radius 2 is 1.83 bits per heavy atom. The van der Waals surface area contributed by atoms with Crippen LogP contribution in [0.15, 0.2) is 48.5 Å². The standard InChI is InChI=1S/C14H13N3Se/c1-10(11-6-3-2-4-7-11)15-12-8-5-9-13-14(12)17-18-16-13/h2-10,15H,1H3. The number of hydrogen-bond acceptors (Lipinski definition) is 3. The van der Waals surface area contributed by atoms with Crippen molar-refractivity contribution in [2.24, 2.45) is 0 Å². The first-order valence-electron chi connectivity index (χ1n) is 5.87. The van der Waals surface area contributed by atoms with Gasteiger partial charge in [-0.05, 0) is 0 Å². The molecule has 2 aromatic carbocycles. The molecule has 3 aromatic rings. The summed E-state index contributed by atoms with van der Waals surface area (Å²) in [5, 5.41) is 3.51. The van der Waals surface area contributed by atoms with Gasteiger partial charge < -0.3 is 0 Å². The van der Waals surface area contributed by atoms with Crippen molar-refractivity contribution < 1.29 is 0 Å². The number of hydrogen-bond donors (Lipinski definition) is 1.